The number of carboxylic acid groups (broad SMARTS) is 1. The van der Waals surface area contributed by atoms with Crippen LogP contribution in [-0.4, -0.2) is 11.1 Å². The first kappa shape index (κ1) is 14.1. The first-order chi connectivity index (χ1) is 11.3. The molecule has 0 spiro atoms. The van der Waals surface area contributed by atoms with Crippen molar-refractivity contribution in [2.24, 2.45) is 0 Å². The monoisotopic (exact) mass is 318 g/mol. The summed E-state index contributed by atoms with van der Waals surface area (Å²) in [6.07, 6.45) is 0. The molecule has 1 heterocycles. The van der Waals surface area contributed by atoms with E-state index in [0.29, 0.717) is 5.56 Å². The molecule has 0 aromatic heterocycles. The fourth-order valence-electron chi connectivity index (χ4n) is 3.19. The van der Waals surface area contributed by atoms with Gasteiger partial charge in [-0.15, -0.1) is 0 Å². The lowest BCUT2D eigenvalue weighted by Crippen LogP contribution is -2.13. The summed E-state index contributed by atoms with van der Waals surface area (Å²) >= 11 is 1.75. The van der Waals surface area contributed by atoms with Gasteiger partial charge in [-0.25, -0.2) is 4.79 Å². The van der Waals surface area contributed by atoms with E-state index in [-0.39, 0.29) is 5.92 Å². The number of rotatable bonds is 2. The number of fused-ring (bicyclic) bond motifs is 2. The Labute approximate surface area is 138 Å². The second kappa shape index (κ2) is 5.60. The average molecular weight is 318 g/mol. The Balaban J connectivity index is 2.01. The molecule has 0 saturated carbocycles. The molecule has 0 aliphatic carbocycles. The number of benzene rings is 3. The van der Waals surface area contributed by atoms with Gasteiger partial charge in [0.25, 0.3) is 0 Å². The molecule has 0 fully saturated rings. The molecule has 0 saturated heterocycles. The highest BCUT2D eigenvalue weighted by Crippen LogP contribution is 2.48. The minimum Gasteiger partial charge on any atom is -0.478 e. The summed E-state index contributed by atoms with van der Waals surface area (Å²) < 4.78 is 0. The summed E-state index contributed by atoms with van der Waals surface area (Å²) in [4.78, 5) is 14.1. The lowest BCUT2D eigenvalue weighted by Gasteiger charge is -2.29. The van der Waals surface area contributed by atoms with Gasteiger partial charge in [0, 0.05) is 15.7 Å². The van der Waals surface area contributed by atoms with Crippen molar-refractivity contribution in [2.75, 3.05) is 0 Å². The molecule has 4 rings (SSSR count). The minimum atomic E-state index is -0.881. The van der Waals surface area contributed by atoms with Crippen LogP contribution in [0.4, 0.5) is 0 Å². The number of carbonyl (C=O) groups is 1. The van der Waals surface area contributed by atoms with E-state index < -0.39 is 5.97 Å². The first-order valence-corrected chi connectivity index (χ1v) is 8.25. The third-order valence-electron chi connectivity index (χ3n) is 4.18. The van der Waals surface area contributed by atoms with E-state index in [1.54, 1.807) is 23.9 Å². The molecule has 23 heavy (non-hydrogen) atoms. The van der Waals surface area contributed by atoms with Crippen molar-refractivity contribution in [3.8, 4) is 0 Å². The summed E-state index contributed by atoms with van der Waals surface area (Å²) in [5.74, 6) is -0.926. The van der Waals surface area contributed by atoms with E-state index >= 15 is 0 Å². The van der Waals surface area contributed by atoms with Crippen molar-refractivity contribution in [1.29, 1.82) is 0 Å². The van der Waals surface area contributed by atoms with Crippen LogP contribution in [0.3, 0.4) is 0 Å². The van der Waals surface area contributed by atoms with Crippen molar-refractivity contribution >= 4 is 17.7 Å². The van der Waals surface area contributed by atoms with Gasteiger partial charge in [0.05, 0.1) is 5.56 Å². The highest BCUT2D eigenvalue weighted by Gasteiger charge is 2.29. The third-order valence-corrected chi connectivity index (χ3v) is 5.37. The van der Waals surface area contributed by atoms with Crippen molar-refractivity contribution in [2.45, 2.75) is 15.7 Å². The molecule has 112 valence electrons. The van der Waals surface area contributed by atoms with E-state index in [2.05, 4.69) is 24.3 Å². The molecule has 0 atom stereocenters. The zero-order valence-electron chi connectivity index (χ0n) is 12.3. The topological polar surface area (TPSA) is 37.3 Å². The van der Waals surface area contributed by atoms with E-state index in [1.165, 1.54) is 20.9 Å². The lowest BCUT2D eigenvalue weighted by molar-refractivity contribution is 0.0695. The molecule has 1 aliphatic heterocycles. The van der Waals surface area contributed by atoms with Gasteiger partial charge in [-0.1, -0.05) is 66.4 Å². The molecule has 3 heteroatoms. The molecule has 0 bridgehead atoms. The third kappa shape index (κ3) is 2.34. The molecule has 0 amide bonds. The maximum absolute atomic E-state index is 11.7. The average Bonchev–Trinajstić information content (AvgIpc) is 2.59. The Kier molecular flexibility index (Phi) is 3.43. The van der Waals surface area contributed by atoms with E-state index in [9.17, 15) is 9.90 Å². The highest BCUT2D eigenvalue weighted by atomic mass is 32.2. The van der Waals surface area contributed by atoms with Crippen LogP contribution >= 0.6 is 11.8 Å². The van der Waals surface area contributed by atoms with Gasteiger partial charge < -0.3 is 5.11 Å². The molecular weight excluding hydrogens is 304 g/mol. The van der Waals surface area contributed by atoms with Gasteiger partial charge in [-0.2, -0.15) is 0 Å². The zero-order valence-corrected chi connectivity index (χ0v) is 13.1. The Morgan fingerprint density at radius 3 is 1.78 bits per heavy atom. The van der Waals surface area contributed by atoms with Gasteiger partial charge in [0.1, 0.15) is 0 Å². The second-order valence-corrected chi connectivity index (χ2v) is 6.59. The standard InChI is InChI=1S/C20H14O2S/c21-20(22)14-8-2-1-7-13(14)19-15-9-3-5-11-17(15)23-18-12-6-4-10-16(18)19/h1-12,19H,(H,21,22). The number of hydrogen-bond donors (Lipinski definition) is 1. The second-order valence-electron chi connectivity index (χ2n) is 5.50. The Morgan fingerprint density at radius 1 is 0.739 bits per heavy atom. The minimum absolute atomic E-state index is 0.0454. The summed E-state index contributed by atoms with van der Waals surface area (Å²) in [5, 5.41) is 9.59. The van der Waals surface area contributed by atoms with Crippen molar-refractivity contribution in [3.05, 3.63) is 95.1 Å². The SMILES string of the molecule is O=C(O)c1ccccc1C1c2ccccc2Sc2ccccc21. The quantitative estimate of drug-likeness (QED) is 0.563. The largest absolute Gasteiger partial charge is 0.478 e. The Morgan fingerprint density at radius 2 is 1.22 bits per heavy atom. The summed E-state index contributed by atoms with van der Waals surface area (Å²) in [6, 6.07) is 23.8. The van der Waals surface area contributed by atoms with Gasteiger partial charge in [-0.3, -0.25) is 0 Å². The van der Waals surface area contributed by atoms with Crippen molar-refractivity contribution in [3.63, 3.8) is 0 Å². The van der Waals surface area contributed by atoms with E-state index in [4.69, 9.17) is 0 Å². The number of aromatic carboxylic acids is 1. The molecule has 3 aromatic carbocycles. The van der Waals surface area contributed by atoms with Gasteiger partial charge in [-0.05, 0) is 34.9 Å². The van der Waals surface area contributed by atoms with Gasteiger partial charge >= 0.3 is 5.97 Å². The first-order valence-electron chi connectivity index (χ1n) is 7.43. The molecule has 0 radical (unpaired) electrons. The molecule has 2 nitrogen and oxygen atoms in total. The normalized spacial score (nSPS) is 13.2. The fraction of sp³-hybridized carbons (Fsp3) is 0.0500. The van der Waals surface area contributed by atoms with E-state index in [1.807, 2.05) is 36.4 Å². The van der Waals surface area contributed by atoms with Crippen LogP contribution in [0, 0.1) is 0 Å². The smallest absolute Gasteiger partial charge is 0.335 e. The van der Waals surface area contributed by atoms with Gasteiger partial charge in [0.15, 0.2) is 0 Å². The van der Waals surface area contributed by atoms with Crippen LogP contribution in [0.25, 0.3) is 0 Å². The van der Waals surface area contributed by atoms with Crippen LogP contribution in [0.15, 0.2) is 82.6 Å². The Bertz CT molecular complexity index is 856. The van der Waals surface area contributed by atoms with Crippen LogP contribution in [0.5, 0.6) is 0 Å². The molecule has 0 unspecified atom stereocenters. The Hall–Kier alpha value is -2.52. The van der Waals surface area contributed by atoms with Crippen LogP contribution < -0.4 is 0 Å². The van der Waals surface area contributed by atoms with Crippen LogP contribution in [-0.2, 0) is 0 Å². The molecule has 1 aliphatic rings. The highest BCUT2D eigenvalue weighted by molar-refractivity contribution is 7.99. The lowest BCUT2D eigenvalue weighted by atomic mass is 9.82. The van der Waals surface area contributed by atoms with Crippen LogP contribution in [0.2, 0.25) is 0 Å². The van der Waals surface area contributed by atoms with E-state index in [0.717, 1.165) is 5.56 Å². The fourth-order valence-corrected chi connectivity index (χ4v) is 4.33. The number of hydrogen-bond acceptors (Lipinski definition) is 2. The molecular formula is C20H14O2S. The maximum Gasteiger partial charge on any atom is 0.335 e. The predicted molar refractivity (Wildman–Crippen MR) is 91.4 cm³/mol. The predicted octanol–water partition coefficient (Wildman–Crippen LogP) is 5.03. The summed E-state index contributed by atoms with van der Waals surface area (Å²) in [5.41, 5.74) is 3.56. The number of carboxylic acids is 1. The summed E-state index contributed by atoms with van der Waals surface area (Å²) in [6.45, 7) is 0. The van der Waals surface area contributed by atoms with Gasteiger partial charge in [0.2, 0.25) is 0 Å². The van der Waals surface area contributed by atoms with Crippen molar-refractivity contribution in [1.82, 2.24) is 0 Å². The zero-order chi connectivity index (χ0) is 15.8. The molecule has 3 aromatic rings. The van der Waals surface area contributed by atoms with Crippen LogP contribution in [0.1, 0.15) is 33.0 Å². The summed E-state index contributed by atoms with van der Waals surface area (Å²) in [7, 11) is 0. The van der Waals surface area contributed by atoms with Crippen molar-refractivity contribution < 1.29 is 9.90 Å². The molecule has 1 N–H and O–H groups in total. The maximum atomic E-state index is 11.7.